The van der Waals surface area contributed by atoms with Crippen molar-refractivity contribution in [3.63, 3.8) is 0 Å². The fourth-order valence-electron chi connectivity index (χ4n) is 5.09. The second-order valence-corrected chi connectivity index (χ2v) is 10.8. The van der Waals surface area contributed by atoms with Crippen LogP contribution < -0.4 is 5.32 Å². The van der Waals surface area contributed by atoms with Crippen LogP contribution in [-0.4, -0.2) is 10.9 Å². The molecule has 0 saturated carbocycles. The van der Waals surface area contributed by atoms with Crippen molar-refractivity contribution in [1.29, 1.82) is 0 Å². The molecule has 0 atom stereocenters. The molecule has 0 radical (unpaired) electrons. The number of nitrogens with one attached hydrogen (secondary N) is 2. The number of H-pyrrole nitrogens is 1. The fraction of sp³-hybridized carbons (Fsp3) is 0.300. The lowest BCUT2D eigenvalue weighted by molar-refractivity contribution is 0.102. The molecule has 1 aliphatic rings. The van der Waals surface area contributed by atoms with Crippen LogP contribution in [0.5, 0.6) is 0 Å². The molecule has 0 bridgehead atoms. The standard InChI is InChI=1S/C30H32N2O/c1-19-8-6-7-9-25(19)32-28(33)22-11-10-21-17-26(31-27(21)18-22)20-12-13-23-24(16-20)30(4,5)15-14-29(23,2)3/h6-13,16-18,31H,14-15H2,1-5H3,(H,32,33). The highest BCUT2D eigenvalue weighted by molar-refractivity contribution is 6.06. The highest BCUT2D eigenvalue weighted by Crippen LogP contribution is 2.46. The third-order valence-corrected chi connectivity index (χ3v) is 7.44. The SMILES string of the molecule is Cc1ccccc1NC(=O)c1ccc2cc(-c3ccc4c(c3)C(C)(C)CCC4(C)C)[nH]c2c1. The monoisotopic (exact) mass is 436 g/mol. The van der Waals surface area contributed by atoms with Crippen molar-refractivity contribution < 1.29 is 4.79 Å². The van der Waals surface area contributed by atoms with Gasteiger partial charge in [0.05, 0.1) is 0 Å². The van der Waals surface area contributed by atoms with Crippen LogP contribution in [0, 0.1) is 6.92 Å². The molecule has 1 aliphatic carbocycles. The first-order valence-corrected chi connectivity index (χ1v) is 11.8. The lowest BCUT2D eigenvalue weighted by Gasteiger charge is -2.42. The van der Waals surface area contributed by atoms with Gasteiger partial charge in [-0.05, 0) is 83.2 Å². The molecular formula is C30H32N2O. The Kier molecular flexibility index (Phi) is 4.97. The maximum absolute atomic E-state index is 12.9. The molecule has 0 unspecified atom stereocenters. The van der Waals surface area contributed by atoms with Gasteiger partial charge in [0.25, 0.3) is 5.91 Å². The van der Waals surface area contributed by atoms with Crippen molar-refractivity contribution in [2.75, 3.05) is 5.32 Å². The Bertz CT molecular complexity index is 1370. The van der Waals surface area contributed by atoms with Crippen molar-refractivity contribution in [1.82, 2.24) is 4.98 Å². The summed E-state index contributed by atoms with van der Waals surface area (Å²) in [6.07, 6.45) is 2.41. The first kappa shape index (κ1) is 21.5. The Hall–Kier alpha value is -3.33. The maximum atomic E-state index is 12.9. The highest BCUT2D eigenvalue weighted by Gasteiger charge is 2.37. The number of carbonyl (C=O) groups is 1. The summed E-state index contributed by atoms with van der Waals surface area (Å²) in [4.78, 5) is 16.4. The lowest BCUT2D eigenvalue weighted by atomic mass is 9.63. The van der Waals surface area contributed by atoms with Crippen molar-refractivity contribution in [3.8, 4) is 11.3 Å². The predicted octanol–water partition coefficient (Wildman–Crippen LogP) is 7.74. The van der Waals surface area contributed by atoms with Crippen molar-refractivity contribution in [3.05, 3.63) is 89.0 Å². The molecule has 4 aromatic rings. The topological polar surface area (TPSA) is 44.9 Å². The van der Waals surface area contributed by atoms with Crippen molar-refractivity contribution >= 4 is 22.5 Å². The number of aryl methyl sites for hydroxylation is 1. The van der Waals surface area contributed by atoms with Crippen LogP contribution >= 0.6 is 0 Å². The van der Waals surface area contributed by atoms with Gasteiger partial charge in [-0.15, -0.1) is 0 Å². The van der Waals surface area contributed by atoms with E-state index in [4.69, 9.17) is 0 Å². The molecule has 3 aromatic carbocycles. The number of rotatable bonds is 3. The number of fused-ring (bicyclic) bond motifs is 2. The zero-order valence-corrected chi connectivity index (χ0v) is 20.2. The van der Waals surface area contributed by atoms with Crippen molar-refractivity contribution in [2.24, 2.45) is 0 Å². The van der Waals surface area contributed by atoms with Crippen LogP contribution in [0.25, 0.3) is 22.2 Å². The number of para-hydroxylation sites is 1. The Morgan fingerprint density at radius 1 is 0.848 bits per heavy atom. The molecule has 0 fully saturated rings. The zero-order chi connectivity index (χ0) is 23.4. The summed E-state index contributed by atoms with van der Waals surface area (Å²) in [5.41, 5.74) is 9.10. The van der Waals surface area contributed by atoms with Crippen LogP contribution in [0.3, 0.4) is 0 Å². The minimum Gasteiger partial charge on any atom is -0.355 e. The van der Waals surface area contributed by atoms with E-state index in [1.165, 1.54) is 29.5 Å². The molecule has 3 nitrogen and oxygen atoms in total. The van der Waals surface area contributed by atoms with E-state index in [0.717, 1.165) is 27.8 Å². The molecule has 168 valence electrons. The third-order valence-electron chi connectivity index (χ3n) is 7.44. The van der Waals surface area contributed by atoms with E-state index >= 15 is 0 Å². The molecule has 33 heavy (non-hydrogen) atoms. The second-order valence-electron chi connectivity index (χ2n) is 10.8. The number of benzene rings is 3. The van der Waals surface area contributed by atoms with Gasteiger partial charge in [0.2, 0.25) is 0 Å². The Balaban J connectivity index is 1.48. The molecule has 2 N–H and O–H groups in total. The van der Waals surface area contributed by atoms with Crippen LogP contribution in [-0.2, 0) is 10.8 Å². The molecular weight excluding hydrogens is 404 g/mol. The van der Waals surface area contributed by atoms with E-state index in [0.29, 0.717) is 5.56 Å². The van der Waals surface area contributed by atoms with Crippen LogP contribution in [0.15, 0.2) is 66.7 Å². The fourth-order valence-corrected chi connectivity index (χ4v) is 5.09. The Labute approximate surface area is 196 Å². The van der Waals surface area contributed by atoms with Crippen LogP contribution in [0.4, 0.5) is 5.69 Å². The van der Waals surface area contributed by atoms with E-state index in [2.05, 4.69) is 62.3 Å². The number of amides is 1. The van der Waals surface area contributed by atoms with Gasteiger partial charge in [-0.3, -0.25) is 4.79 Å². The number of aromatic amines is 1. The summed E-state index contributed by atoms with van der Waals surface area (Å²) >= 11 is 0. The number of hydrogen-bond acceptors (Lipinski definition) is 1. The quantitative estimate of drug-likeness (QED) is 0.339. The van der Waals surface area contributed by atoms with E-state index in [1.807, 2.05) is 49.4 Å². The van der Waals surface area contributed by atoms with E-state index < -0.39 is 0 Å². The molecule has 1 amide bonds. The number of hydrogen-bond donors (Lipinski definition) is 2. The summed E-state index contributed by atoms with van der Waals surface area (Å²) in [5.74, 6) is -0.0971. The van der Waals surface area contributed by atoms with Gasteiger partial charge >= 0.3 is 0 Å². The van der Waals surface area contributed by atoms with Gasteiger partial charge in [0.1, 0.15) is 0 Å². The van der Waals surface area contributed by atoms with Crippen LogP contribution in [0.2, 0.25) is 0 Å². The summed E-state index contributed by atoms with van der Waals surface area (Å²) in [6, 6.07) is 22.8. The molecule has 0 aliphatic heterocycles. The van der Waals surface area contributed by atoms with E-state index in [-0.39, 0.29) is 16.7 Å². The molecule has 1 aromatic heterocycles. The Morgan fingerprint density at radius 3 is 2.33 bits per heavy atom. The molecule has 3 heteroatoms. The second kappa shape index (κ2) is 7.62. The van der Waals surface area contributed by atoms with Gasteiger partial charge in [-0.1, -0.05) is 64.1 Å². The summed E-state index contributed by atoms with van der Waals surface area (Å²) in [5, 5.41) is 4.13. The minimum absolute atomic E-state index is 0.0971. The molecule has 0 saturated heterocycles. The summed E-state index contributed by atoms with van der Waals surface area (Å²) in [7, 11) is 0. The van der Waals surface area contributed by atoms with Crippen molar-refractivity contribution in [2.45, 2.75) is 58.3 Å². The molecule has 5 rings (SSSR count). The first-order valence-electron chi connectivity index (χ1n) is 11.8. The number of aromatic nitrogens is 1. The van der Waals surface area contributed by atoms with Gasteiger partial charge in [-0.2, -0.15) is 0 Å². The molecule has 1 heterocycles. The minimum atomic E-state index is -0.0971. The summed E-state index contributed by atoms with van der Waals surface area (Å²) in [6.45, 7) is 11.4. The van der Waals surface area contributed by atoms with E-state index in [1.54, 1.807) is 0 Å². The predicted molar refractivity (Wildman–Crippen MR) is 138 cm³/mol. The molecule has 0 spiro atoms. The maximum Gasteiger partial charge on any atom is 0.255 e. The third kappa shape index (κ3) is 3.86. The van der Waals surface area contributed by atoms with Crippen LogP contribution in [0.1, 0.15) is 67.6 Å². The average molecular weight is 437 g/mol. The number of anilines is 1. The zero-order valence-electron chi connectivity index (χ0n) is 20.2. The smallest absolute Gasteiger partial charge is 0.255 e. The van der Waals surface area contributed by atoms with Gasteiger partial charge in [0.15, 0.2) is 0 Å². The van der Waals surface area contributed by atoms with E-state index in [9.17, 15) is 4.79 Å². The average Bonchev–Trinajstić information content (AvgIpc) is 3.22. The van der Waals surface area contributed by atoms with Gasteiger partial charge in [-0.25, -0.2) is 0 Å². The summed E-state index contributed by atoms with van der Waals surface area (Å²) < 4.78 is 0. The largest absolute Gasteiger partial charge is 0.355 e. The number of carbonyl (C=O) groups excluding carboxylic acids is 1. The normalized spacial score (nSPS) is 16.4. The Morgan fingerprint density at radius 2 is 1.58 bits per heavy atom. The van der Waals surface area contributed by atoms with Gasteiger partial charge in [0, 0.05) is 27.8 Å². The first-order chi connectivity index (χ1) is 15.6. The van der Waals surface area contributed by atoms with Gasteiger partial charge < -0.3 is 10.3 Å². The lowest BCUT2D eigenvalue weighted by Crippen LogP contribution is -2.33. The highest BCUT2D eigenvalue weighted by atomic mass is 16.1.